The Balaban J connectivity index is 2.11. The summed E-state index contributed by atoms with van der Waals surface area (Å²) < 4.78 is 0. The Kier molecular flexibility index (Phi) is 30.8. The molecule has 2 aromatic rings. The third kappa shape index (κ3) is 24.4. The molecule has 3 rings (SSSR count). The SMILES string of the molecule is CCCCCCC[C@@H](O)CC(=O)N[C@H](CCN)C(=O)N[C@H]1CCNC(=O)[C@H](CC(C)C)NC(=O)[C@H](CCN)NC(=O)[C@H](CCN)NC(=O)[C@H](Cc2ccccc2)NC(=O)[C@@H](CCc2ccccc2)NC(=O)[C@H](CCN)NC1=O. The minimum Gasteiger partial charge on any atom is -0.393 e. The van der Waals surface area contributed by atoms with Gasteiger partial charge in [0, 0.05) is 13.0 Å². The lowest BCUT2D eigenvalue weighted by Crippen LogP contribution is -2.61. The Labute approximate surface area is 459 Å². The van der Waals surface area contributed by atoms with Gasteiger partial charge in [0.1, 0.15) is 48.3 Å². The lowest BCUT2D eigenvalue weighted by molar-refractivity contribution is -0.136. The Morgan fingerprint density at radius 3 is 1.56 bits per heavy atom. The van der Waals surface area contributed by atoms with Crippen LogP contribution in [0.25, 0.3) is 0 Å². The van der Waals surface area contributed by atoms with Gasteiger partial charge in [-0.1, -0.05) is 114 Å². The normalized spacial score (nSPS) is 22.3. The summed E-state index contributed by atoms with van der Waals surface area (Å²) in [5, 5.41) is 34.9. The van der Waals surface area contributed by atoms with E-state index >= 15 is 0 Å². The molecule has 0 aliphatic carbocycles. The molecule has 1 aliphatic heterocycles. The van der Waals surface area contributed by atoms with E-state index in [0.29, 0.717) is 12.0 Å². The number of unbranched alkanes of at least 4 members (excludes halogenated alkanes) is 4. The quantitative estimate of drug-likeness (QED) is 0.0493. The predicted octanol–water partition coefficient (Wildman–Crippen LogP) is -1.19. The van der Waals surface area contributed by atoms with Crippen LogP contribution in [-0.2, 0) is 56.0 Å². The fourth-order valence-corrected chi connectivity index (χ4v) is 8.92. The maximum atomic E-state index is 14.6. The van der Waals surface area contributed by atoms with Crippen molar-refractivity contribution >= 4 is 53.2 Å². The third-order valence-electron chi connectivity index (χ3n) is 13.3. The van der Waals surface area contributed by atoms with Crippen LogP contribution >= 0.6 is 0 Å². The molecule has 18 N–H and O–H groups in total. The highest BCUT2D eigenvalue weighted by atomic mass is 16.3. The van der Waals surface area contributed by atoms with Crippen LogP contribution in [0.3, 0.4) is 0 Å². The van der Waals surface area contributed by atoms with Crippen molar-refractivity contribution in [3.8, 4) is 0 Å². The first-order chi connectivity index (χ1) is 37.4. The number of aliphatic hydroxyl groups excluding tert-OH is 1. The molecule has 1 aliphatic rings. The summed E-state index contributed by atoms with van der Waals surface area (Å²) in [5.41, 5.74) is 25.2. The van der Waals surface area contributed by atoms with E-state index in [-0.39, 0.29) is 103 Å². The number of aliphatic hydroxyl groups is 1. The molecule has 1 fully saturated rings. The molecular formula is C55H89N13O10. The smallest absolute Gasteiger partial charge is 0.243 e. The molecule has 0 radical (unpaired) electrons. The Morgan fingerprint density at radius 2 is 1.05 bits per heavy atom. The van der Waals surface area contributed by atoms with Gasteiger partial charge >= 0.3 is 0 Å². The van der Waals surface area contributed by atoms with E-state index in [4.69, 9.17) is 22.9 Å². The van der Waals surface area contributed by atoms with Crippen LogP contribution in [0, 0.1) is 5.92 Å². The van der Waals surface area contributed by atoms with Crippen molar-refractivity contribution in [1.82, 2.24) is 47.9 Å². The summed E-state index contributed by atoms with van der Waals surface area (Å²) >= 11 is 0. The molecule has 0 saturated carbocycles. The van der Waals surface area contributed by atoms with E-state index < -0.39 is 108 Å². The highest BCUT2D eigenvalue weighted by molar-refractivity contribution is 5.98. The molecule has 1 heterocycles. The van der Waals surface area contributed by atoms with E-state index in [1.807, 2.05) is 44.2 Å². The highest BCUT2D eigenvalue weighted by Crippen LogP contribution is 2.13. The van der Waals surface area contributed by atoms with E-state index in [9.17, 15) is 48.3 Å². The van der Waals surface area contributed by atoms with Crippen molar-refractivity contribution in [2.24, 2.45) is 28.9 Å². The predicted molar refractivity (Wildman–Crippen MR) is 296 cm³/mol. The van der Waals surface area contributed by atoms with Crippen LogP contribution in [0.5, 0.6) is 0 Å². The second kappa shape index (κ2) is 36.5. The molecule has 0 aromatic heterocycles. The first-order valence-corrected chi connectivity index (χ1v) is 27.7. The monoisotopic (exact) mass is 1090 g/mol. The third-order valence-corrected chi connectivity index (χ3v) is 13.3. The van der Waals surface area contributed by atoms with Gasteiger partial charge in [0.05, 0.1) is 12.5 Å². The average molecular weight is 1090 g/mol. The van der Waals surface area contributed by atoms with Crippen molar-refractivity contribution in [2.75, 3.05) is 32.7 Å². The molecule has 23 nitrogen and oxygen atoms in total. The van der Waals surface area contributed by atoms with Gasteiger partial charge in [-0.3, -0.25) is 43.2 Å². The topological polar surface area (TPSA) is 386 Å². The van der Waals surface area contributed by atoms with E-state index in [1.165, 1.54) is 0 Å². The van der Waals surface area contributed by atoms with Crippen molar-refractivity contribution in [1.29, 1.82) is 0 Å². The van der Waals surface area contributed by atoms with Crippen LogP contribution in [0.2, 0.25) is 0 Å². The number of carbonyl (C=O) groups excluding carboxylic acids is 9. The molecule has 23 heteroatoms. The van der Waals surface area contributed by atoms with Crippen LogP contribution in [-0.4, -0.2) is 145 Å². The second-order valence-corrected chi connectivity index (χ2v) is 20.3. The van der Waals surface area contributed by atoms with Crippen molar-refractivity contribution in [3.05, 3.63) is 71.8 Å². The number of aryl methyl sites for hydroxylation is 1. The Bertz CT molecular complexity index is 2190. The second-order valence-electron chi connectivity index (χ2n) is 20.3. The first-order valence-electron chi connectivity index (χ1n) is 27.7. The van der Waals surface area contributed by atoms with Gasteiger partial charge in [-0.2, -0.15) is 0 Å². The Morgan fingerprint density at radius 1 is 0.577 bits per heavy atom. The molecule has 9 atom stereocenters. The summed E-state index contributed by atoms with van der Waals surface area (Å²) in [6, 6.07) is 7.43. The first kappa shape index (κ1) is 65.8. The zero-order valence-electron chi connectivity index (χ0n) is 45.8. The maximum absolute atomic E-state index is 14.6. The number of amides is 9. The number of hydrogen-bond acceptors (Lipinski definition) is 14. The minimum absolute atomic E-state index is 0.0216. The lowest BCUT2D eigenvalue weighted by Gasteiger charge is -2.28. The van der Waals surface area contributed by atoms with Crippen molar-refractivity contribution < 1.29 is 48.3 Å². The molecule has 434 valence electrons. The van der Waals surface area contributed by atoms with Gasteiger partial charge in [0.25, 0.3) is 0 Å². The molecule has 2 aromatic carbocycles. The van der Waals surface area contributed by atoms with E-state index in [2.05, 4.69) is 54.8 Å². The molecule has 9 amide bonds. The standard InChI is InChI=1S/C55H89N13O10/c1-4-5-6-7-14-19-38(69)34-47(70)61-40(22-27-56)50(73)66-44-26-31-60-48(71)45(32-35(2)3)67-53(76)43(25-30-59)63-52(75)42(24-29-58)65-55(78)46(33-37-17-12-9-13-18-37)68-49(72)39(21-20-36-15-10-8-11-16-36)62-51(74)41(23-28-57)64-54(44)77/h8-13,15-18,35,38-46,69H,4-7,14,19-34,56-59H2,1-3H3,(H,60,71)(H,61,70)(H,62,74)(H,63,75)(H,64,77)(H,65,78)(H,66,73)(H,67,76)(H,68,72)/t38-,39-,40-,41+,42+,43+,44+,45+,46+/m1/s1. The number of rotatable bonds is 26. The molecule has 78 heavy (non-hydrogen) atoms. The summed E-state index contributed by atoms with van der Waals surface area (Å²) in [5.74, 6) is -7.00. The van der Waals surface area contributed by atoms with E-state index in [0.717, 1.165) is 37.7 Å². The molecule has 0 spiro atoms. The van der Waals surface area contributed by atoms with Gasteiger partial charge < -0.3 is 75.9 Å². The minimum atomic E-state index is -1.48. The lowest BCUT2D eigenvalue weighted by atomic mass is 10.0. The van der Waals surface area contributed by atoms with Gasteiger partial charge in [-0.05, 0) is 101 Å². The van der Waals surface area contributed by atoms with Crippen molar-refractivity contribution in [3.63, 3.8) is 0 Å². The van der Waals surface area contributed by atoms with E-state index in [1.54, 1.807) is 30.3 Å². The largest absolute Gasteiger partial charge is 0.393 e. The fourth-order valence-electron chi connectivity index (χ4n) is 8.92. The average Bonchev–Trinajstić information content (AvgIpc) is 3.40. The van der Waals surface area contributed by atoms with Crippen molar-refractivity contribution in [2.45, 2.75) is 178 Å². The van der Waals surface area contributed by atoms with Gasteiger partial charge in [0.15, 0.2) is 0 Å². The van der Waals surface area contributed by atoms with Gasteiger partial charge in [-0.15, -0.1) is 0 Å². The zero-order valence-corrected chi connectivity index (χ0v) is 45.8. The fraction of sp³-hybridized carbons (Fsp3) is 0.618. The van der Waals surface area contributed by atoms with Crippen LogP contribution in [0.4, 0.5) is 0 Å². The molecule has 0 unspecified atom stereocenters. The van der Waals surface area contributed by atoms with Crippen LogP contribution in [0.1, 0.15) is 122 Å². The zero-order chi connectivity index (χ0) is 57.4. The number of benzene rings is 2. The van der Waals surface area contributed by atoms with Gasteiger partial charge in [-0.25, -0.2) is 0 Å². The van der Waals surface area contributed by atoms with Gasteiger partial charge in [0.2, 0.25) is 53.2 Å². The molecule has 1 saturated heterocycles. The number of nitrogens with one attached hydrogen (secondary N) is 9. The summed E-state index contributed by atoms with van der Waals surface area (Å²) in [7, 11) is 0. The summed E-state index contributed by atoms with van der Waals surface area (Å²) in [6.07, 6.45) is 3.71. The van der Waals surface area contributed by atoms with Crippen LogP contribution in [0.15, 0.2) is 60.7 Å². The number of hydrogen-bond donors (Lipinski definition) is 14. The number of carbonyl (C=O) groups is 9. The Hall–Kier alpha value is -6.53. The maximum Gasteiger partial charge on any atom is 0.243 e. The van der Waals surface area contributed by atoms with Crippen LogP contribution < -0.4 is 70.8 Å². The molecule has 0 bridgehead atoms. The molecular weight excluding hydrogens is 1000 g/mol. The summed E-state index contributed by atoms with van der Waals surface area (Å²) in [4.78, 5) is 127. The summed E-state index contributed by atoms with van der Waals surface area (Å²) in [6.45, 7) is 5.21. The number of nitrogens with two attached hydrogens (primary N) is 4. The highest BCUT2D eigenvalue weighted by Gasteiger charge is 2.35.